The molecule has 0 fully saturated rings. The molecule has 0 aromatic heterocycles. The highest BCUT2D eigenvalue weighted by Crippen LogP contribution is 2.14. The van der Waals surface area contributed by atoms with E-state index in [1.54, 1.807) is 12.2 Å². The van der Waals surface area contributed by atoms with Crippen LogP contribution in [-0.4, -0.2) is 13.8 Å². The third-order valence-electron chi connectivity index (χ3n) is 2.25. The van der Waals surface area contributed by atoms with Gasteiger partial charge in [0.05, 0.1) is 0 Å². The zero-order valence-corrected chi connectivity index (χ0v) is 11.8. The maximum absolute atomic E-state index is 13.1. The van der Waals surface area contributed by atoms with Crippen LogP contribution in [0.15, 0.2) is 59.5 Å². The molecule has 102 valence electrons. The van der Waals surface area contributed by atoms with E-state index in [-0.39, 0.29) is 0 Å². The van der Waals surface area contributed by atoms with Gasteiger partial charge in [-0.25, -0.2) is 4.99 Å². The predicted molar refractivity (Wildman–Crippen MR) is 84.3 cm³/mol. The number of nitrogens with zero attached hydrogens (tertiary/aromatic N) is 1. The molecule has 19 heavy (non-hydrogen) atoms. The quantitative estimate of drug-likeness (QED) is 0.457. The molecule has 0 saturated carbocycles. The fourth-order valence-corrected chi connectivity index (χ4v) is 1.26. The molecule has 0 radical (unpaired) electrons. The van der Waals surface area contributed by atoms with Gasteiger partial charge in [-0.15, -0.1) is 0 Å². The van der Waals surface area contributed by atoms with Gasteiger partial charge in [0, 0.05) is 18.3 Å². The summed E-state index contributed by atoms with van der Waals surface area (Å²) in [5, 5.41) is 3.02. The van der Waals surface area contributed by atoms with Crippen LogP contribution in [0.25, 0.3) is 6.08 Å². The van der Waals surface area contributed by atoms with E-state index in [4.69, 9.17) is 0 Å². The number of hydrogen-bond acceptors (Lipinski definition) is 2. The lowest BCUT2D eigenvalue weighted by atomic mass is 10.1. The topological polar surface area (TPSA) is 24.4 Å². The molecule has 3 heteroatoms. The highest BCUT2D eigenvalue weighted by molar-refractivity contribution is 5.58. The predicted octanol–water partition coefficient (Wildman–Crippen LogP) is 4.84. The SMILES string of the molecule is C=CC(/C=C/c1ccc(NC)cc1)=C(/F)N=C.CC. The van der Waals surface area contributed by atoms with Gasteiger partial charge in [0.1, 0.15) is 0 Å². The van der Waals surface area contributed by atoms with Crippen LogP contribution in [0.1, 0.15) is 19.4 Å². The summed E-state index contributed by atoms with van der Waals surface area (Å²) >= 11 is 0. The number of anilines is 1. The minimum absolute atomic E-state index is 0.317. The molecule has 0 aliphatic heterocycles. The maximum Gasteiger partial charge on any atom is 0.219 e. The third-order valence-corrected chi connectivity index (χ3v) is 2.25. The van der Waals surface area contributed by atoms with E-state index in [1.165, 1.54) is 6.08 Å². The van der Waals surface area contributed by atoms with Crippen molar-refractivity contribution in [3.8, 4) is 0 Å². The minimum Gasteiger partial charge on any atom is -0.388 e. The molecule has 0 atom stereocenters. The molecule has 0 heterocycles. The second-order valence-electron chi connectivity index (χ2n) is 3.31. The number of aliphatic imine (C=N–C) groups is 1. The Morgan fingerprint density at radius 2 is 1.84 bits per heavy atom. The van der Waals surface area contributed by atoms with Gasteiger partial charge in [0.2, 0.25) is 5.95 Å². The summed E-state index contributed by atoms with van der Waals surface area (Å²) in [4.78, 5) is 3.23. The lowest BCUT2D eigenvalue weighted by Gasteiger charge is -1.99. The van der Waals surface area contributed by atoms with E-state index in [0.29, 0.717) is 5.57 Å². The summed E-state index contributed by atoms with van der Waals surface area (Å²) in [7, 11) is 1.86. The van der Waals surface area contributed by atoms with Gasteiger partial charge in [0.15, 0.2) is 0 Å². The van der Waals surface area contributed by atoms with E-state index >= 15 is 0 Å². The van der Waals surface area contributed by atoms with Gasteiger partial charge in [0.25, 0.3) is 0 Å². The van der Waals surface area contributed by atoms with Gasteiger partial charge in [-0.05, 0) is 30.5 Å². The van der Waals surface area contributed by atoms with Crippen molar-refractivity contribution in [1.29, 1.82) is 0 Å². The smallest absolute Gasteiger partial charge is 0.219 e. The molecule has 1 aromatic carbocycles. The summed E-state index contributed by atoms with van der Waals surface area (Å²) in [6, 6.07) is 7.75. The first kappa shape index (κ1) is 16.8. The number of nitrogens with one attached hydrogen (secondary N) is 1. The summed E-state index contributed by atoms with van der Waals surface area (Å²) in [6.45, 7) is 10.7. The second-order valence-corrected chi connectivity index (χ2v) is 3.31. The van der Waals surface area contributed by atoms with Crippen molar-refractivity contribution in [1.82, 2.24) is 0 Å². The molecule has 0 aliphatic rings. The minimum atomic E-state index is -0.622. The summed E-state index contributed by atoms with van der Waals surface area (Å²) in [5.74, 6) is -0.622. The fourth-order valence-electron chi connectivity index (χ4n) is 1.26. The summed E-state index contributed by atoms with van der Waals surface area (Å²) < 4.78 is 13.1. The van der Waals surface area contributed by atoms with Crippen molar-refractivity contribution in [3.05, 3.63) is 60.1 Å². The average Bonchev–Trinajstić information content (AvgIpc) is 2.50. The zero-order valence-electron chi connectivity index (χ0n) is 11.8. The van der Waals surface area contributed by atoms with Crippen molar-refractivity contribution < 1.29 is 4.39 Å². The van der Waals surface area contributed by atoms with Crippen molar-refractivity contribution >= 4 is 18.5 Å². The van der Waals surface area contributed by atoms with Gasteiger partial charge in [-0.3, -0.25) is 0 Å². The largest absolute Gasteiger partial charge is 0.388 e. The van der Waals surface area contributed by atoms with E-state index in [0.717, 1.165) is 11.3 Å². The van der Waals surface area contributed by atoms with E-state index in [1.807, 2.05) is 45.2 Å². The van der Waals surface area contributed by atoms with Gasteiger partial charge in [-0.1, -0.05) is 44.7 Å². The Labute approximate surface area is 115 Å². The van der Waals surface area contributed by atoms with Crippen LogP contribution in [-0.2, 0) is 0 Å². The van der Waals surface area contributed by atoms with Crippen LogP contribution >= 0.6 is 0 Å². The molecule has 0 bridgehead atoms. The Hall–Kier alpha value is -2.16. The molecule has 0 aliphatic carbocycles. The van der Waals surface area contributed by atoms with Crippen molar-refractivity contribution in [2.75, 3.05) is 12.4 Å². The van der Waals surface area contributed by atoms with Crippen molar-refractivity contribution in [2.24, 2.45) is 4.99 Å². The molecular weight excluding hydrogens is 239 g/mol. The molecule has 1 N–H and O–H groups in total. The monoisotopic (exact) mass is 260 g/mol. The molecule has 0 spiro atoms. The van der Waals surface area contributed by atoms with Crippen LogP contribution in [0.2, 0.25) is 0 Å². The Morgan fingerprint density at radius 3 is 2.26 bits per heavy atom. The molecule has 0 amide bonds. The van der Waals surface area contributed by atoms with Crippen LogP contribution < -0.4 is 5.32 Å². The van der Waals surface area contributed by atoms with Crippen LogP contribution in [0.5, 0.6) is 0 Å². The van der Waals surface area contributed by atoms with Crippen LogP contribution in [0.3, 0.4) is 0 Å². The second kappa shape index (κ2) is 9.83. The lowest BCUT2D eigenvalue weighted by molar-refractivity contribution is 0.624. The summed E-state index contributed by atoms with van der Waals surface area (Å²) in [6.07, 6.45) is 4.81. The van der Waals surface area contributed by atoms with E-state index < -0.39 is 5.95 Å². The van der Waals surface area contributed by atoms with Gasteiger partial charge < -0.3 is 5.32 Å². The normalized spacial score (nSPS) is 11.2. The highest BCUT2D eigenvalue weighted by atomic mass is 19.1. The van der Waals surface area contributed by atoms with Crippen LogP contribution in [0, 0.1) is 0 Å². The van der Waals surface area contributed by atoms with Crippen molar-refractivity contribution in [3.63, 3.8) is 0 Å². The average molecular weight is 260 g/mol. The van der Waals surface area contributed by atoms with Gasteiger partial charge in [-0.2, -0.15) is 4.39 Å². The molecule has 1 rings (SSSR count). The summed E-state index contributed by atoms with van der Waals surface area (Å²) in [5.41, 5.74) is 2.32. The Kier molecular flexibility index (Phi) is 8.71. The molecular formula is C16H21FN2. The maximum atomic E-state index is 13.1. The van der Waals surface area contributed by atoms with Crippen LogP contribution in [0.4, 0.5) is 10.1 Å². The third kappa shape index (κ3) is 5.82. The molecule has 2 nitrogen and oxygen atoms in total. The molecule has 1 aromatic rings. The fraction of sp³-hybridized carbons (Fsp3) is 0.188. The number of allylic oxidation sites excluding steroid dienone is 3. The number of rotatable bonds is 5. The van der Waals surface area contributed by atoms with Gasteiger partial charge >= 0.3 is 0 Å². The first-order valence-corrected chi connectivity index (χ1v) is 6.16. The van der Waals surface area contributed by atoms with E-state index in [2.05, 4.69) is 23.6 Å². The Bertz CT molecular complexity index is 456. The van der Waals surface area contributed by atoms with E-state index in [9.17, 15) is 4.39 Å². The Balaban J connectivity index is 0.00000154. The standard InChI is InChI=1S/C14H15FN2.C2H6/c1-4-12(14(15)17-3)8-5-11-6-9-13(16-2)10-7-11;1-2/h4-10,16H,1,3H2,2H3;1-2H3/b8-5+,14-12+;. The first-order chi connectivity index (χ1) is 9.21. The number of benzene rings is 1. The molecule has 0 saturated heterocycles. The molecule has 0 unspecified atom stereocenters. The Morgan fingerprint density at radius 1 is 1.26 bits per heavy atom. The number of hydrogen-bond donors (Lipinski definition) is 1. The zero-order chi connectivity index (χ0) is 14.7. The first-order valence-electron chi connectivity index (χ1n) is 6.16. The lowest BCUT2D eigenvalue weighted by Crippen LogP contribution is -1.86. The number of halogens is 1. The highest BCUT2D eigenvalue weighted by Gasteiger charge is 1.96. The van der Waals surface area contributed by atoms with Crippen molar-refractivity contribution in [2.45, 2.75) is 13.8 Å².